The van der Waals surface area contributed by atoms with Crippen LogP contribution >= 0.6 is 0 Å². The van der Waals surface area contributed by atoms with Gasteiger partial charge in [0.2, 0.25) is 0 Å². The second-order valence-corrected chi connectivity index (χ2v) is 7.50. The third-order valence-electron chi connectivity index (χ3n) is 5.49. The number of aromatic nitrogens is 8. The SMILES string of the molecule is O=c1c2cc3nnn(C4CC4)c(=O)c3cc2ncn1CCn1nnc2ccccc21. The third-order valence-corrected chi connectivity index (χ3v) is 5.49. The minimum Gasteiger partial charge on any atom is -0.297 e. The maximum atomic E-state index is 13.0. The number of fused-ring (bicyclic) bond motifs is 3. The van der Waals surface area contributed by atoms with Crippen LogP contribution in [0, 0.1) is 0 Å². The molecule has 148 valence electrons. The zero-order valence-corrected chi connectivity index (χ0v) is 15.8. The molecular weight excluding hydrogens is 384 g/mol. The molecule has 3 aromatic heterocycles. The van der Waals surface area contributed by atoms with Crippen LogP contribution in [-0.2, 0) is 13.1 Å². The molecule has 0 saturated heterocycles. The molecule has 6 rings (SSSR count). The van der Waals surface area contributed by atoms with E-state index in [-0.39, 0.29) is 17.2 Å². The van der Waals surface area contributed by atoms with Crippen molar-refractivity contribution in [3.05, 3.63) is 63.4 Å². The average molecular weight is 400 g/mol. The number of hydrogen-bond donors (Lipinski definition) is 0. The van der Waals surface area contributed by atoms with Gasteiger partial charge in [-0.2, -0.15) is 0 Å². The van der Waals surface area contributed by atoms with Crippen LogP contribution in [0.15, 0.2) is 52.3 Å². The van der Waals surface area contributed by atoms with E-state index in [0.29, 0.717) is 34.9 Å². The lowest BCUT2D eigenvalue weighted by atomic mass is 10.2. The molecule has 30 heavy (non-hydrogen) atoms. The molecular formula is C20H16N8O2. The number of nitrogens with zero attached hydrogens (tertiary/aromatic N) is 8. The van der Waals surface area contributed by atoms with Crippen LogP contribution < -0.4 is 11.1 Å². The molecule has 0 bridgehead atoms. The molecule has 3 heterocycles. The van der Waals surface area contributed by atoms with E-state index < -0.39 is 0 Å². The fraction of sp³-hybridized carbons (Fsp3) is 0.250. The molecule has 10 heteroatoms. The summed E-state index contributed by atoms with van der Waals surface area (Å²) in [7, 11) is 0. The molecule has 0 aliphatic heterocycles. The summed E-state index contributed by atoms with van der Waals surface area (Å²) in [6, 6.07) is 11.0. The van der Waals surface area contributed by atoms with Gasteiger partial charge in [-0.3, -0.25) is 14.2 Å². The summed E-state index contributed by atoms with van der Waals surface area (Å²) in [6.45, 7) is 0.870. The lowest BCUT2D eigenvalue weighted by Gasteiger charge is -2.08. The molecule has 2 aromatic carbocycles. The quantitative estimate of drug-likeness (QED) is 0.418. The molecule has 1 saturated carbocycles. The van der Waals surface area contributed by atoms with Gasteiger partial charge in [0.15, 0.2) is 0 Å². The van der Waals surface area contributed by atoms with Crippen LogP contribution in [0.1, 0.15) is 18.9 Å². The highest BCUT2D eigenvalue weighted by Gasteiger charge is 2.27. The van der Waals surface area contributed by atoms with Crippen molar-refractivity contribution in [3.8, 4) is 0 Å². The third kappa shape index (κ3) is 2.60. The highest BCUT2D eigenvalue weighted by Crippen LogP contribution is 2.32. The maximum absolute atomic E-state index is 13.0. The van der Waals surface area contributed by atoms with Crippen LogP contribution in [0.2, 0.25) is 0 Å². The summed E-state index contributed by atoms with van der Waals surface area (Å²) in [5, 5.41) is 17.3. The van der Waals surface area contributed by atoms with Crippen molar-refractivity contribution in [1.29, 1.82) is 0 Å². The van der Waals surface area contributed by atoms with Crippen molar-refractivity contribution in [2.24, 2.45) is 0 Å². The van der Waals surface area contributed by atoms with Crippen molar-refractivity contribution >= 4 is 32.8 Å². The van der Waals surface area contributed by atoms with Gasteiger partial charge in [0, 0.05) is 6.54 Å². The Morgan fingerprint density at radius 1 is 0.867 bits per heavy atom. The number of aryl methyl sites for hydroxylation is 2. The lowest BCUT2D eigenvalue weighted by Crippen LogP contribution is -2.25. The van der Waals surface area contributed by atoms with Crippen molar-refractivity contribution < 1.29 is 0 Å². The second kappa shape index (κ2) is 6.28. The minimum atomic E-state index is -0.195. The van der Waals surface area contributed by atoms with E-state index in [1.807, 2.05) is 24.3 Å². The summed E-state index contributed by atoms with van der Waals surface area (Å²) in [4.78, 5) is 30.1. The first kappa shape index (κ1) is 17.0. The van der Waals surface area contributed by atoms with Gasteiger partial charge in [0.25, 0.3) is 11.1 Å². The Balaban J connectivity index is 1.39. The predicted molar refractivity (Wildman–Crippen MR) is 109 cm³/mol. The second-order valence-electron chi connectivity index (χ2n) is 7.50. The fourth-order valence-corrected chi connectivity index (χ4v) is 3.71. The molecule has 1 aliphatic carbocycles. The first-order valence-corrected chi connectivity index (χ1v) is 9.76. The van der Waals surface area contributed by atoms with Gasteiger partial charge in [-0.1, -0.05) is 22.6 Å². The highest BCUT2D eigenvalue weighted by atomic mass is 16.1. The zero-order valence-electron chi connectivity index (χ0n) is 15.8. The van der Waals surface area contributed by atoms with E-state index >= 15 is 0 Å². The summed E-state index contributed by atoms with van der Waals surface area (Å²) < 4.78 is 4.72. The molecule has 5 aromatic rings. The molecule has 10 nitrogen and oxygen atoms in total. The maximum Gasteiger partial charge on any atom is 0.277 e. The molecule has 0 radical (unpaired) electrons. The highest BCUT2D eigenvalue weighted by molar-refractivity contribution is 5.93. The van der Waals surface area contributed by atoms with Gasteiger partial charge < -0.3 is 0 Å². The Hall–Kier alpha value is -3.95. The molecule has 0 unspecified atom stereocenters. The lowest BCUT2D eigenvalue weighted by molar-refractivity contribution is 0.520. The normalized spacial score (nSPS) is 14.1. The number of hydrogen-bond acceptors (Lipinski definition) is 7. The first-order chi connectivity index (χ1) is 14.7. The van der Waals surface area contributed by atoms with E-state index in [4.69, 9.17) is 0 Å². The Kier molecular flexibility index (Phi) is 3.55. The topological polar surface area (TPSA) is 113 Å². The van der Waals surface area contributed by atoms with Crippen molar-refractivity contribution in [3.63, 3.8) is 0 Å². The monoisotopic (exact) mass is 400 g/mol. The van der Waals surface area contributed by atoms with Gasteiger partial charge in [0.05, 0.1) is 40.7 Å². The smallest absolute Gasteiger partial charge is 0.277 e. The van der Waals surface area contributed by atoms with Gasteiger partial charge in [-0.25, -0.2) is 14.3 Å². The molecule has 0 N–H and O–H groups in total. The predicted octanol–water partition coefficient (Wildman–Crippen LogP) is 1.28. The Morgan fingerprint density at radius 2 is 1.63 bits per heavy atom. The Morgan fingerprint density at radius 3 is 2.50 bits per heavy atom. The van der Waals surface area contributed by atoms with Crippen molar-refractivity contribution in [2.75, 3.05) is 0 Å². The number of para-hydroxylation sites is 1. The number of rotatable bonds is 4. The van der Waals surface area contributed by atoms with Gasteiger partial charge in [0.1, 0.15) is 11.0 Å². The average Bonchev–Trinajstić information content (AvgIpc) is 3.53. The molecule has 1 aliphatic rings. The zero-order chi connectivity index (χ0) is 20.2. The van der Waals surface area contributed by atoms with Crippen LogP contribution in [0.3, 0.4) is 0 Å². The summed E-state index contributed by atoms with van der Waals surface area (Å²) in [5.74, 6) is 0. The fourth-order valence-electron chi connectivity index (χ4n) is 3.71. The standard InChI is InChI=1S/C20H16N8O2/c29-19-13-10-17-14(20(30)28(25-23-17)12-5-6-12)9-16(13)21-11-26(19)7-8-27-18-4-2-1-3-15(18)22-24-27/h1-4,9-12H,5-8H2. The summed E-state index contributed by atoms with van der Waals surface area (Å²) in [6.07, 6.45) is 3.39. The first-order valence-electron chi connectivity index (χ1n) is 9.76. The number of benzene rings is 2. The largest absolute Gasteiger partial charge is 0.297 e. The van der Waals surface area contributed by atoms with Crippen LogP contribution in [0.4, 0.5) is 0 Å². The van der Waals surface area contributed by atoms with E-state index in [1.165, 1.54) is 15.6 Å². The van der Waals surface area contributed by atoms with Crippen LogP contribution in [0.25, 0.3) is 32.8 Å². The van der Waals surface area contributed by atoms with E-state index in [9.17, 15) is 9.59 Å². The van der Waals surface area contributed by atoms with Gasteiger partial charge in [-0.15, -0.1) is 10.2 Å². The van der Waals surface area contributed by atoms with Crippen molar-refractivity contribution in [1.82, 2.24) is 39.5 Å². The molecule has 0 spiro atoms. The molecule has 1 fully saturated rings. The van der Waals surface area contributed by atoms with E-state index in [2.05, 4.69) is 25.6 Å². The summed E-state index contributed by atoms with van der Waals surface area (Å²) in [5.41, 5.74) is 2.22. The van der Waals surface area contributed by atoms with E-state index in [0.717, 1.165) is 23.9 Å². The van der Waals surface area contributed by atoms with E-state index in [1.54, 1.807) is 16.8 Å². The Labute approximate surface area is 168 Å². The molecule has 0 amide bonds. The van der Waals surface area contributed by atoms with Crippen molar-refractivity contribution in [2.45, 2.75) is 32.0 Å². The summed E-state index contributed by atoms with van der Waals surface area (Å²) >= 11 is 0. The Bertz CT molecular complexity index is 1560. The molecule has 0 atom stereocenters. The van der Waals surface area contributed by atoms with Crippen LogP contribution in [-0.4, -0.2) is 39.5 Å². The minimum absolute atomic E-state index is 0.138. The van der Waals surface area contributed by atoms with Gasteiger partial charge >= 0.3 is 0 Å². The van der Waals surface area contributed by atoms with Gasteiger partial charge in [-0.05, 0) is 37.1 Å². The van der Waals surface area contributed by atoms with Crippen LogP contribution in [0.5, 0.6) is 0 Å².